The number of carbonyl (C=O) groups is 3. The summed E-state index contributed by atoms with van der Waals surface area (Å²) in [5, 5.41) is 0. The SMILES string of the molecule is CC(=O)Oc1cccc(C(=O)N2CCCN(C(=O)/C=C/c3ccc(F)cc3)CC2)c1. The Bertz CT molecular complexity index is 956. The number of hydrogen-bond acceptors (Lipinski definition) is 4. The molecule has 0 unspecified atom stereocenters. The summed E-state index contributed by atoms with van der Waals surface area (Å²) in [6, 6.07) is 12.4. The van der Waals surface area contributed by atoms with Crippen LogP contribution in [0.25, 0.3) is 6.08 Å². The molecule has 156 valence electrons. The number of hydrogen-bond donors (Lipinski definition) is 0. The summed E-state index contributed by atoms with van der Waals surface area (Å²) in [4.78, 5) is 39.9. The molecule has 0 saturated carbocycles. The third kappa shape index (κ3) is 5.76. The minimum atomic E-state index is -0.447. The molecular formula is C23H23FN2O4. The third-order valence-corrected chi connectivity index (χ3v) is 4.73. The van der Waals surface area contributed by atoms with Crippen molar-refractivity contribution < 1.29 is 23.5 Å². The van der Waals surface area contributed by atoms with Gasteiger partial charge in [-0.15, -0.1) is 0 Å². The zero-order valence-corrected chi connectivity index (χ0v) is 16.7. The molecule has 0 N–H and O–H groups in total. The molecule has 1 fully saturated rings. The van der Waals surface area contributed by atoms with E-state index >= 15 is 0 Å². The van der Waals surface area contributed by atoms with Crippen LogP contribution in [0.4, 0.5) is 4.39 Å². The van der Waals surface area contributed by atoms with Gasteiger partial charge < -0.3 is 14.5 Å². The first-order valence-electron chi connectivity index (χ1n) is 9.73. The van der Waals surface area contributed by atoms with E-state index in [1.165, 1.54) is 25.1 Å². The van der Waals surface area contributed by atoms with E-state index in [1.807, 2.05) is 0 Å². The lowest BCUT2D eigenvalue weighted by molar-refractivity contribution is -0.132. The normalized spacial score (nSPS) is 14.5. The second-order valence-electron chi connectivity index (χ2n) is 6.98. The lowest BCUT2D eigenvalue weighted by Gasteiger charge is -2.21. The number of nitrogens with zero attached hydrogens (tertiary/aromatic N) is 2. The first-order chi connectivity index (χ1) is 14.4. The van der Waals surface area contributed by atoms with Crippen molar-refractivity contribution in [2.24, 2.45) is 0 Å². The maximum atomic E-state index is 13.0. The highest BCUT2D eigenvalue weighted by Gasteiger charge is 2.22. The zero-order chi connectivity index (χ0) is 21.5. The molecule has 0 aromatic heterocycles. The van der Waals surface area contributed by atoms with E-state index in [1.54, 1.807) is 52.3 Å². The second-order valence-corrected chi connectivity index (χ2v) is 6.98. The predicted molar refractivity (Wildman–Crippen MR) is 110 cm³/mol. The minimum Gasteiger partial charge on any atom is -0.427 e. The first-order valence-corrected chi connectivity index (χ1v) is 9.73. The lowest BCUT2D eigenvalue weighted by atomic mass is 10.2. The number of halogens is 1. The van der Waals surface area contributed by atoms with Gasteiger partial charge in [-0.1, -0.05) is 18.2 Å². The molecule has 0 spiro atoms. The molecule has 6 nitrogen and oxygen atoms in total. The van der Waals surface area contributed by atoms with Crippen LogP contribution in [0.1, 0.15) is 29.3 Å². The van der Waals surface area contributed by atoms with Crippen LogP contribution in [-0.4, -0.2) is 53.8 Å². The average Bonchev–Trinajstić information content (AvgIpc) is 2.99. The van der Waals surface area contributed by atoms with Crippen LogP contribution < -0.4 is 4.74 Å². The number of rotatable bonds is 4. The van der Waals surface area contributed by atoms with Crippen LogP contribution >= 0.6 is 0 Å². The standard InChI is InChI=1S/C23H23FN2O4/c1-17(27)30-21-5-2-4-19(16-21)23(29)26-13-3-12-25(14-15-26)22(28)11-8-18-6-9-20(24)10-7-18/h2,4-11,16H,3,12-15H2,1H3/b11-8+. The van der Waals surface area contributed by atoms with Gasteiger partial charge >= 0.3 is 5.97 Å². The van der Waals surface area contributed by atoms with Crippen molar-refractivity contribution in [3.05, 3.63) is 71.6 Å². The molecule has 1 aliphatic heterocycles. The summed E-state index contributed by atoms with van der Waals surface area (Å²) in [5.74, 6) is -0.761. The Kier molecular flexibility index (Phi) is 6.95. The van der Waals surface area contributed by atoms with Crippen LogP contribution in [0.3, 0.4) is 0 Å². The molecule has 2 aromatic carbocycles. The number of amides is 2. The molecule has 0 aliphatic carbocycles. The van der Waals surface area contributed by atoms with Crippen molar-refractivity contribution >= 4 is 23.9 Å². The Balaban J connectivity index is 1.60. The predicted octanol–water partition coefficient (Wildman–Crippen LogP) is 3.14. The molecule has 1 heterocycles. The van der Waals surface area contributed by atoms with Gasteiger partial charge in [0.05, 0.1) is 0 Å². The van der Waals surface area contributed by atoms with Crippen LogP contribution in [0, 0.1) is 5.82 Å². The van der Waals surface area contributed by atoms with Crippen molar-refractivity contribution in [1.82, 2.24) is 9.80 Å². The highest BCUT2D eigenvalue weighted by Crippen LogP contribution is 2.17. The van der Waals surface area contributed by atoms with E-state index < -0.39 is 5.97 Å². The Morgan fingerprint density at radius 1 is 0.967 bits per heavy atom. The fourth-order valence-electron chi connectivity index (χ4n) is 3.23. The van der Waals surface area contributed by atoms with Crippen LogP contribution in [0.2, 0.25) is 0 Å². The molecular weight excluding hydrogens is 387 g/mol. The van der Waals surface area contributed by atoms with Gasteiger partial charge in [0.2, 0.25) is 5.91 Å². The average molecular weight is 410 g/mol. The fraction of sp³-hybridized carbons (Fsp3) is 0.261. The molecule has 1 aliphatic rings. The summed E-state index contributed by atoms with van der Waals surface area (Å²) in [6.45, 7) is 3.21. The largest absolute Gasteiger partial charge is 0.427 e. The van der Waals surface area contributed by atoms with Crippen LogP contribution in [0.5, 0.6) is 5.75 Å². The van der Waals surface area contributed by atoms with Gasteiger partial charge in [0.1, 0.15) is 11.6 Å². The van der Waals surface area contributed by atoms with Crippen LogP contribution in [-0.2, 0) is 9.59 Å². The molecule has 0 radical (unpaired) electrons. The van der Waals surface area contributed by atoms with Crippen molar-refractivity contribution in [2.45, 2.75) is 13.3 Å². The summed E-state index contributed by atoms with van der Waals surface area (Å²) < 4.78 is 18.0. The quantitative estimate of drug-likeness (QED) is 0.441. The Morgan fingerprint density at radius 2 is 1.67 bits per heavy atom. The first kappa shape index (κ1) is 21.2. The molecule has 2 aromatic rings. The molecule has 1 saturated heterocycles. The lowest BCUT2D eigenvalue weighted by Crippen LogP contribution is -2.36. The van der Waals surface area contributed by atoms with Crippen LogP contribution in [0.15, 0.2) is 54.6 Å². The molecule has 30 heavy (non-hydrogen) atoms. The van der Waals surface area contributed by atoms with Gasteiger partial charge in [-0.05, 0) is 48.4 Å². The zero-order valence-electron chi connectivity index (χ0n) is 16.7. The van der Waals surface area contributed by atoms with E-state index in [-0.39, 0.29) is 17.6 Å². The van der Waals surface area contributed by atoms with Gasteiger partial charge in [-0.25, -0.2) is 4.39 Å². The highest BCUT2D eigenvalue weighted by atomic mass is 19.1. The van der Waals surface area contributed by atoms with E-state index in [9.17, 15) is 18.8 Å². The smallest absolute Gasteiger partial charge is 0.308 e. The molecule has 7 heteroatoms. The van der Waals surface area contributed by atoms with Gasteiger partial charge in [0, 0.05) is 44.7 Å². The maximum absolute atomic E-state index is 13.0. The van der Waals surface area contributed by atoms with E-state index in [2.05, 4.69) is 0 Å². The van der Waals surface area contributed by atoms with Gasteiger partial charge in [-0.3, -0.25) is 14.4 Å². The maximum Gasteiger partial charge on any atom is 0.308 e. The number of benzene rings is 2. The second kappa shape index (κ2) is 9.82. The number of carbonyl (C=O) groups excluding carboxylic acids is 3. The van der Waals surface area contributed by atoms with Crippen molar-refractivity contribution in [1.29, 1.82) is 0 Å². The van der Waals surface area contributed by atoms with Gasteiger partial charge in [-0.2, -0.15) is 0 Å². The summed E-state index contributed by atoms with van der Waals surface area (Å²) >= 11 is 0. The number of esters is 1. The third-order valence-electron chi connectivity index (χ3n) is 4.73. The van der Waals surface area contributed by atoms with Crippen molar-refractivity contribution in [3.8, 4) is 5.75 Å². The van der Waals surface area contributed by atoms with Gasteiger partial charge in [0.25, 0.3) is 5.91 Å². The topological polar surface area (TPSA) is 66.9 Å². The Morgan fingerprint density at radius 3 is 2.40 bits per heavy atom. The minimum absolute atomic E-state index is 0.148. The molecule has 3 rings (SSSR count). The highest BCUT2D eigenvalue weighted by molar-refractivity contribution is 5.95. The van der Waals surface area contributed by atoms with Crippen molar-refractivity contribution in [2.75, 3.05) is 26.2 Å². The van der Waals surface area contributed by atoms with E-state index in [4.69, 9.17) is 4.74 Å². The summed E-state index contributed by atoms with van der Waals surface area (Å²) in [6.07, 6.45) is 3.77. The summed E-state index contributed by atoms with van der Waals surface area (Å²) in [5.41, 5.74) is 1.17. The Labute approximate surface area is 174 Å². The monoisotopic (exact) mass is 410 g/mol. The fourth-order valence-corrected chi connectivity index (χ4v) is 3.23. The van der Waals surface area contributed by atoms with Crippen molar-refractivity contribution in [3.63, 3.8) is 0 Å². The summed E-state index contributed by atoms with van der Waals surface area (Å²) in [7, 11) is 0. The Hall–Kier alpha value is -3.48. The van der Waals surface area contributed by atoms with Gasteiger partial charge in [0.15, 0.2) is 0 Å². The number of ether oxygens (including phenoxy) is 1. The van der Waals surface area contributed by atoms with E-state index in [0.717, 1.165) is 5.56 Å². The molecule has 0 bridgehead atoms. The molecule has 0 atom stereocenters. The molecule has 2 amide bonds. The van der Waals surface area contributed by atoms with E-state index in [0.29, 0.717) is 43.9 Å².